The maximum absolute atomic E-state index is 13.2. The second-order valence-electron chi connectivity index (χ2n) is 9.91. The summed E-state index contributed by atoms with van der Waals surface area (Å²) < 4.78 is 46.1. The Bertz CT molecular complexity index is 1370. The van der Waals surface area contributed by atoms with E-state index in [2.05, 4.69) is 25.3 Å². The summed E-state index contributed by atoms with van der Waals surface area (Å²) in [7, 11) is -3.64. The summed E-state index contributed by atoms with van der Waals surface area (Å²) in [4.78, 5) is 27.7. The van der Waals surface area contributed by atoms with E-state index in [9.17, 15) is 17.6 Å². The smallest absolute Gasteiger partial charge is 0.413 e. The van der Waals surface area contributed by atoms with E-state index in [-0.39, 0.29) is 22.7 Å². The van der Waals surface area contributed by atoms with Crippen LogP contribution in [0.2, 0.25) is 5.15 Å². The van der Waals surface area contributed by atoms with Gasteiger partial charge in [-0.3, -0.25) is 5.32 Å². The number of halogens is 2. The Morgan fingerprint density at radius 1 is 1.35 bits per heavy atom. The van der Waals surface area contributed by atoms with Crippen LogP contribution in [0.15, 0.2) is 23.7 Å². The van der Waals surface area contributed by atoms with Crippen LogP contribution in [0, 0.1) is 11.7 Å². The average Bonchev–Trinajstić information content (AvgIpc) is 3.38. The Morgan fingerprint density at radius 3 is 2.76 bits per heavy atom. The van der Waals surface area contributed by atoms with E-state index in [0.29, 0.717) is 47.6 Å². The molecule has 0 radical (unpaired) electrons. The van der Waals surface area contributed by atoms with Crippen molar-refractivity contribution in [1.82, 2.24) is 24.2 Å². The van der Waals surface area contributed by atoms with E-state index < -0.39 is 27.5 Å². The predicted molar refractivity (Wildman–Crippen MR) is 139 cm³/mol. The van der Waals surface area contributed by atoms with Crippen molar-refractivity contribution in [3.05, 3.63) is 46.1 Å². The Kier molecular flexibility index (Phi) is 7.88. The molecule has 1 amide bonds. The molecule has 1 aliphatic rings. The topological polar surface area (TPSA) is 130 Å². The number of piperidine rings is 1. The van der Waals surface area contributed by atoms with Gasteiger partial charge < -0.3 is 9.72 Å². The lowest BCUT2D eigenvalue weighted by molar-refractivity contribution is 0.0636. The largest absolute Gasteiger partial charge is 0.444 e. The Labute approximate surface area is 223 Å². The summed E-state index contributed by atoms with van der Waals surface area (Å²) in [6, 6.07) is 2.81. The number of sulfonamides is 1. The summed E-state index contributed by atoms with van der Waals surface area (Å²) >= 11 is 7.54. The van der Waals surface area contributed by atoms with Gasteiger partial charge in [-0.2, -0.15) is 0 Å². The molecule has 10 nitrogen and oxygen atoms in total. The number of hydrogen-bond acceptors (Lipinski definition) is 8. The molecule has 1 aliphatic heterocycles. The van der Waals surface area contributed by atoms with Crippen LogP contribution in [-0.4, -0.2) is 57.4 Å². The number of rotatable bonds is 6. The molecule has 14 heteroatoms. The van der Waals surface area contributed by atoms with Gasteiger partial charge in [0.15, 0.2) is 16.1 Å². The number of H-pyrrole nitrogens is 1. The number of carbonyl (C=O) groups is 1. The van der Waals surface area contributed by atoms with Gasteiger partial charge in [-0.15, -0.1) is 11.3 Å². The number of nitrogens with zero attached hydrogens (tertiary/aromatic N) is 4. The Hall–Kier alpha value is -2.61. The number of anilines is 1. The number of amides is 1. The monoisotopic (exact) mass is 570 g/mol. The van der Waals surface area contributed by atoms with Crippen LogP contribution in [0.5, 0.6) is 0 Å². The first-order valence-electron chi connectivity index (χ1n) is 11.6. The van der Waals surface area contributed by atoms with Gasteiger partial charge >= 0.3 is 6.09 Å². The van der Waals surface area contributed by atoms with Gasteiger partial charge in [0.1, 0.15) is 22.9 Å². The number of carbonyl (C=O) groups excluding carboxylic acids is 1. The molecule has 0 aromatic carbocycles. The molecule has 0 bridgehead atoms. The van der Waals surface area contributed by atoms with Gasteiger partial charge in [0.25, 0.3) is 0 Å². The molecule has 200 valence electrons. The second-order valence-corrected chi connectivity index (χ2v) is 13.1. The maximum Gasteiger partial charge on any atom is 0.413 e. The minimum absolute atomic E-state index is 0.0375. The molecule has 4 heterocycles. The summed E-state index contributed by atoms with van der Waals surface area (Å²) in [6.07, 6.45) is 1.00. The van der Waals surface area contributed by atoms with E-state index in [1.54, 1.807) is 26.2 Å². The highest BCUT2D eigenvalue weighted by Gasteiger charge is 2.36. The molecule has 3 aromatic rings. The van der Waals surface area contributed by atoms with Crippen molar-refractivity contribution in [3.63, 3.8) is 0 Å². The van der Waals surface area contributed by atoms with Gasteiger partial charge in [-0.05, 0) is 45.2 Å². The van der Waals surface area contributed by atoms with E-state index in [1.807, 2.05) is 6.92 Å². The van der Waals surface area contributed by atoms with E-state index in [0.717, 1.165) is 17.5 Å². The summed E-state index contributed by atoms with van der Waals surface area (Å²) in [5, 5.41) is 4.70. The minimum atomic E-state index is -3.64. The zero-order valence-electron chi connectivity index (χ0n) is 20.8. The van der Waals surface area contributed by atoms with Crippen LogP contribution < -0.4 is 5.32 Å². The van der Waals surface area contributed by atoms with Crippen molar-refractivity contribution >= 4 is 44.2 Å². The number of hydrogen-bond donors (Lipinski definition) is 2. The highest BCUT2D eigenvalue weighted by Crippen LogP contribution is 2.37. The number of aromatic nitrogens is 4. The molecule has 0 aliphatic carbocycles. The van der Waals surface area contributed by atoms with E-state index >= 15 is 0 Å². The highest BCUT2D eigenvalue weighted by molar-refractivity contribution is 7.88. The van der Waals surface area contributed by atoms with E-state index in [4.69, 9.17) is 16.3 Å². The van der Waals surface area contributed by atoms with Crippen molar-refractivity contribution < 1.29 is 22.3 Å². The zero-order valence-corrected chi connectivity index (χ0v) is 23.2. The maximum atomic E-state index is 13.2. The van der Waals surface area contributed by atoms with Crippen molar-refractivity contribution in [2.24, 2.45) is 5.92 Å². The first kappa shape index (κ1) is 27.4. The standard InChI is InChI=1S/C23H28ClFN6O4S2/c1-13-10-31(37(33,34)12-15-11-36-21(27-15)30-22(32)35-23(2,3)4)8-7-16(13)18-19(24)29-20(28-18)17-6-5-14(25)9-26-17/h5-6,9,11,13,16H,7-8,10,12H2,1-4H3,(H,28,29)(H,27,30,32)/t13-,16+/m0/s1. The first-order chi connectivity index (χ1) is 17.3. The second kappa shape index (κ2) is 10.6. The molecule has 3 aromatic heterocycles. The lowest BCUT2D eigenvalue weighted by Gasteiger charge is -2.35. The number of nitrogens with one attached hydrogen (secondary N) is 2. The SMILES string of the molecule is C[C@H]1CN(S(=O)(=O)Cc2csc(NC(=O)OC(C)(C)C)n2)CC[C@H]1c1[nH]c(-c2ccc(F)cn2)nc1Cl. The third-order valence-electron chi connectivity index (χ3n) is 5.78. The normalized spacial score (nSPS) is 19.1. The minimum Gasteiger partial charge on any atom is -0.444 e. The lowest BCUT2D eigenvalue weighted by atomic mass is 9.86. The Balaban J connectivity index is 1.39. The molecule has 0 unspecified atom stereocenters. The zero-order chi connectivity index (χ0) is 27.0. The van der Waals surface area contributed by atoms with Gasteiger partial charge in [-0.1, -0.05) is 18.5 Å². The van der Waals surface area contributed by atoms with Crippen LogP contribution in [0.25, 0.3) is 11.5 Å². The van der Waals surface area contributed by atoms with Gasteiger partial charge in [0, 0.05) is 24.4 Å². The number of thiazole rings is 1. The summed E-state index contributed by atoms with van der Waals surface area (Å²) in [5.74, 6) is -0.374. The van der Waals surface area contributed by atoms with Gasteiger partial charge in [0.2, 0.25) is 10.0 Å². The third kappa shape index (κ3) is 6.83. The molecular weight excluding hydrogens is 543 g/mol. The highest BCUT2D eigenvalue weighted by atomic mass is 35.5. The fraction of sp³-hybridized carbons (Fsp3) is 0.478. The number of pyridine rings is 1. The van der Waals surface area contributed by atoms with Crippen LogP contribution in [0.3, 0.4) is 0 Å². The summed E-state index contributed by atoms with van der Waals surface area (Å²) in [5.41, 5.74) is 0.866. The van der Waals surface area contributed by atoms with Crippen LogP contribution in [0.1, 0.15) is 51.4 Å². The van der Waals surface area contributed by atoms with Crippen molar-refractivity contribution in [1.29, 1.82) is 0 Å². The molecule has 2 N–H and O–H groups in total. The third-order valence-corrected chi connectivity index (χ3v) is 8.65. The van der Waals surface area contributed by atoms with Crippen molar-refractivity contribution in [2.75, 3.05) is 18.4 Å². The Morgan fingerprint density at radius 2 is 2.11 bits per heavy atom. The van der Waals surface area contributed by atoms with Gasteiger partial charge in [0.05, 0.1) is 17.6 Å². The van der Waals surface area contributed by atoms with Crippen molar-refractivity contribution in [3.8, 4) is 11.5 Å². The predicted octanol–water partition coefficient (Wildman–Crippen LogP) is 5.02. The molecular formula is C23H28ClFN6O4S2. The molecule has 1 saturated heterocycles. The quantitative estimate of drug-likeness (QED) is 0.425. The molecule has 2 atom stereocenters. The summed E-state index contributed by atoms with van der Waals surface area (Å²) in [6.45, 7) is 7.82. The van der Waals surface area contributed by atoms with Crippen LogP contribution in [-0.2, 0) is 20.5 Å². The van der Waals surface area contributed by atoms with Crippen LogP contribution >= 0.6 is 22.9 Å². The number of imidazole rings is 1. The van der Waals surface area contributed by atoms with Crippen molar-refractivity contribution in [2.45, 2.75) is 51.4 Å². The molecule has 0 spiro atoms. The molecule has 37 heavy (non-hydrogen) atoms. The first-order valence-corrected chi connectivity index (χ1v) is 14.5. The molecule has 4 rings (SSSR count). The molecule has 1 fully saturated rings. The number of aromatic amines is 1. The van der Waals surface area contributed by atoms with E-state index in [1.165, 1.54) is 16.4 Å². The lowest BCUT2D eigenvalue weighted by Crippen LogP contribution is -2.42. The fourth-order valence-electron chi connectivity index (χ4n) is 4.14. The van der Waals surface area contributed by atoms with Gasteiger partial charge in [-0.25, -0.2) is 36.9 Å². The molecule has 0 saturated carbocycles. The fourth-order valence-corrected chi connectivity index (χ4v) is 6.76. The average molecular weight is 571 g/mol. The number of ether oxygens (including phenoxy) is 1. The van der Waals surface area contributed by atoms with Crippen LogP contribution in [0.4, 0.5) is 14.3 Å².